The molecule has 0 aromatic rings. The maximum atomic E-state index is 11.9. The number of carbonyl (C=O) groups is 2. The van der Waals surface area contributed by atoms with E-state index in [-0.39, 0.29) is 6.54 Å². The first-order valence-electron chi connectivity index (χ1n) is 6.21. The summed E-state index contributed by atoms with van der Waals surface area (Å²) in [6, 6.07) is -1.33. The molecule has 106 valence electrons. The summed E-state index contributed by atoms with van der Waals surface area (Å²) in [6.45, 7) is 7.41. The Bertz CT molecular complexity index is 286. The summed E-state index contributed by atoms with van der Waals surface area (Å²) in [5.41, 5.74) is -1.00. The molecule has 3 N–H and O–H groups in total. The van der Waals surface area contributed by atoms with Gasteiger partial charge in [-0.3, -0.25) is 0 Å². The summed E-state index contributed by atoms with van der Waals surface area (Å²) in [4.78, 5) is 24.2. The van der Waals surface area contributed by atoms with Crippen molar-refractivity contribution < 1.29 is 19.8 Å². The molecule has 0 bridgehead atoms. The van der Waals surface area contributed by atoms with E-state index in [0.717, 1.165) is 0 Å². The molecule has 6 nitrogen and oxygen atoms in total. The summed E-state index contributed by atoms with van der Waals surface area (Å²) >= 11 is 0. The first-order valence-corrected chi connectivity index (χ1v) is 6.21. The van der Waals surface area contributed by atoms with Gasteiger partial charge in [-0.05, 0) is 27.2 Å². The molecular formula is C12H24N2O4. The Morgan fingerprint density at radius 2 is 1.89 bits per heavy atom. The highest BCUT2D eigenvalue weighted by Gasteiger charge is 2.25. The number of amides is 2. The van der Waals surface area contributed by atoms with Crippen LogP contribution in [0, 0.1) is 0 Å². The fraction of sp³-hybridized carbons (Fsp3) is 0.833. The zero-order valence-electron chi connectivity index (χ0n) is 11.6. The third-order valence-corrected chi connectivity index (χ3v) is 2.42. The molecule has 1 atom stereocenters. The van der Waals surface area contributed by atoms with E-state index in [1.165, 1.54) is 4.90 Å². The number of nitrogens with one attached hydrogen (secondary N) is 1. The Morgan fingerprint density at radius 1 is 1.33 bits per heavy atom. The van der Waals surface area contributed by atoms with Crippen LogP contribution >= 0.6 is 0 Å². The number of aliphatic hydroxyl groups is 1. The topological polar surface area (TPSA) is 89.9 Å². The van der Waals surface area contributed by atoms with Crippen molar-refractivity contribution in [3.8, 4) is 0 Å². The molecule has 0 radical (unpaired) electrons. The number of carboxylic acids is 1. The van der Waals surface area contributed by atoms with Crippen molar-refractivity contribution in [2.24, 2.45) is 0 Å². The molecule has 0 saturated carbocycles. The number of hydrogen-bond acceptors (Lipinski definition) is 3. The summed E-state index contributed by atoms with van der Waals surface area (Å²) in [5.74, 6) is -1.04. The van der Waals surface area contributed by atoms with Gasteiger partial charge in [-0.1, -0.05) is 13.3 Å². The Kier molecular flexibility index (Phi) is 6.68. The van der Waals surface area contributed by atoms with Crippen LogP contribution in [-0.4, -0.2) is 51.8 Å². The number of hydrogen-bond donors (Lipinski definition) is 3. The lowest BCUT2D eigenvalue weighted by molar-refractivity contribution is -0.139. The molecule has 0 aromatic carbocycles. The minimum absolute atomic E-state index is 0.161. The second-order valence-corrected chi connectivity index (χ2v) is 4.96. The molecule has 0 rings (SSSR count). The quantitative estimate of drug-likeness (QED) is 0.638. The maximum absolute atomic E-state index is 11.9. The standard InChI is InChI=1S/C12H24N2O4/c1-5-7-9(10(15)16)13-11(17)14(6-2)8-12(3,4)18/h9,18H,5-8H2,1-4H3,(H,13,17)(H,15,16). The van der Waals surface area contributed by atoms with Crippen LogP contribution in [0.3, 0.4) is 0 Å². The summed E-state index contributed by atoms with van der Waals surface area (Å²) < 4.78 is 0. The van der Waals surface area contributed by atoms with Gasteiger partial charge in [0.15, 0.2) is 0 Å². The largest absolute Gasteiger partial charge is 0.480 e. The molecular weight excluding hydrogens is 236 g/mol. The first kappa shape index (κ1) is 16.7. The van der Waals surface area contributed by atoms with Gasteiger partial charge in [0.1, 0.15) is 6.04 Å². The number of likely N-dealkylation sites (N-methyl/N-ethyl adjacent to an activating group) is 1. The van der Waals surface area contributed by atoms with E-state index in [1.807, 2.05) is 6.92 Å². The zero-order chi connectivity index (χ0) is 14.3. The van der Waals surface area contributed by atoms with Gasteiger partial charge in [0.05, 0.1) is 12.1 Å². The van der Waals surface area contributed by atoms with Crippen LogP contribution in [-0.2, 0) is 4.79 Å². The van der Waals surface area contributed by atoms with Crippen LogP contribution in [0.15, 0.2) is 0 Å². The molecule has 0 spiro atoms. The maximum Gasteiger partial charge on any atom is 0.326 e. The second-order valence-electron chi connectivity index (χ2n) is 4.96. The lowest BCUT2D eigenvalue weighted by Gasteiger charge is -2.29. The van der Waals surface area contributed by atoms with E-state index in [1.54, 1.807) is 20.8 Å². The van der Waals surface area contributed by atoms with Crippen molar-refractivity contribution in [1.82, 2.24) is 10.2 Å². The van der Waals surface area contributed by atoms with Crippen molar-refractivity contribution in [3.63, 3.8) is 0 Å². The van der Waals surface area contributed by atoms with Crippen molar-refractivity contribution in [3.05, 3.63) is 0 Å². The Hall–Kier alpha value is -1.30. The van der Waals surface area contributed by atoms with Gasteiger partial charge in [-0.2, -0.15) is 0 Å². The zero-order valence-corrected chi connectivity index (χ0v) is 11.6. The lowest BCUT2D eigenvalue weighted by Crippen LogP contribution is -2.51. The molecule has 1 unspecified atom stereocenters. The Balaban J connectivity index is 4.55. The normalized spacial score (nSPS) is 12.9. The minimum Gasteiger partial charge on any atom is -0.480 e. The van der Waals surface area contributed by atoms with Gasteiger partial charge in [0.2, 0.25) is 0 Å². The minimum atomic E-state index is -1.04. The van der Waals surface area contributed by atoms with E-state index in [0.29, 0.717) is 19.4 Å². The summed E-state index contributed by atoms with van der Waals surface area (Å²) in [6.07, 6.45) is 1.07. The third-order valence-electron chi connectivity index (χ3n) is 2.42. The fourth-order valence-electron chi connectivity index (χ4n) is 1.58. The van der Waals surface area contributed by atoms with Crippen molar-refractivity contribution >= 4 is 12.0 Å². The number of nitrogens with zero attached hydrogens (tertiary/aromatic N) is 1. The summed E-state index contributed by atoms with van der Waals surface area (Å²) in [7, 11) is 0. The molecule has 0 aromatic heterocycles. The van der Waals surface area contributed by atoms with Crippen molar-refractivity contribution in [2.45, 2.75) is 52.2 Å². The Morgan fingerprint density at radius 3 is 2.22 bits per heavy atom. The molecule has 18 heavy (non-hydrogen) atoms. The second kappa shape index (κ2) is 7.20. The van der Waals surface area contributed by atoms with Gasteiger partial charge in [0, 0.05) is 6.54 Å². The number of urea groups is 1. The van der Waals surface area contributed by atoms with E-state index >= 15 is 0 Å². The molecule has 0 heterocycles. The van der Waals surface area contributed by atoms with Crippen LogP contribution < -0.4 is 5.32 Å². The van der Waals surface area contributed by atoms with Crippen LogP contribution in [0.25, 0.3) is 0 Å². The summed E-state index contributed by atoms with van der Waals surface area (Å²) in [5, 5.41) is 21.1. The molecule has 0 aliphatic heterocycles. The van der Waals surface area contributed by atoms with Crippen LogP contribution in [0.1, 0.15) is 40.5 Å². The average Bonchev–Trinajstić information content (AvgIpc) is 2.23. The van der Waals surface area contributed by atoms with E-state index in [9.17, 15) is 14.7 Å². The predicted molar refractivity (Wildman–Crippen MR) is 68.4 cm³/mol. The van der Waals surface area contributed by atoms with Crippen LogP contribution in [0.5, 0.6) is 0 Å². The van der Waals surface area contributed by atoms with Gasteiger partial charge < -0.3 is 20.4 Å². The van der Waals surface area contributed by atoms with Gasteiger partial charge >= 0.3 is 12.0 Å². The van der Waals surface area contributed by atoms with Gasteiger partial charge in [-0.15, -0.1) is 0 Å². The average molecular weight is 260 g/mol. The SMILES string of the molecule is CCCC(NC(=O)N(CC)CC(C)(C)O)C(=O)O. The molecule has 0 aliphatic rings. The number of carboxylic acid groups (broad SMARTS) is 1. The highest BCUT2D eigenvalue weighted by molar-refractivity contribution is 5.82. The van der Waals surface area contributed by atoms with E-state index < -0.39 is 23.6 Å². The third kappa shape index (κ3) is 6.44. The Labute approximate surface area is 108 Å². The fourth-order valence-corrected chi connectivity index (χ4v) is 1.58. The molecule has 6 heteroatoms. The molecule has 0 fully saturated rings. The predicted octanol–water partition coefficient (Wildman–Crippen LogP) is 1.04. The molecule has 0 aliphatic carbocycles. The van der Waals surface area contributed by atoms with Gasteiger partial charge in [-0.25, -0.2) is 9.59 Å². The van der Waals surface area contributed by atoms with Crippen LogP contribution in [0.2, 0.25) is 0 Å². The first-order chi connectivity index (χ1) is 8.21. The highest BCUT2D eigenvalue weighted by atomic mass is 16.4. The van der Waals surface area contributed by atoms with Crippen molar-refractivity contribution in [2.75, 3.05) is 13.1 Å². The molecule has 0 saturated heterocycles. The van der Waals surface area contributed by atoms with E-state index in [4.69, 9.17) is 5.11 Å². The van der Waals surface area contributed by atoms with Crippen molar-refractivity contribution in [1.29, 1.82) is 0 Å². The number of carbonyl (C=O) groups excluding carboxylic acids is 1. The number of aliphatic carboxylic acids is 1. The highest BCUT2D eigenvalue weighted by Crippen LogP contribution is 2.06. The monoisotopic (exact) mass is 260 g/mol. The van der Waals surface area contributed by atoms with Crippen LogP contribution in [0.4, 0.5) is 4.79 Å². The molecule has 2 amide bonds. The lowest BCUT2D eigenvalue weighted by atomic mass is 10.1. The smallest absolute Gasteiger partial charge is 0.326 e. The van der Waals surface area contributed by atoms with Gasteiger partial charge in [0.25, 0.3) is 0 Å². The number of rotatable bonds is 7. The van der Waals surface area contributed by atoms with E-state index in [2.05, 4.69) is 5.32 Å².